The van der Waals surface area contributed by atoms with E-state index >= 15 is 0 Å². The van der Waals surface area contributed by atoms with Gasteiger partial charge < -0.3 is 5.73 Å². The summed E-state index contributed by atoms with van der Waals surface area (Å²) in [7, 11) is 0. The van der Waals surface area contributed by atoms with Crippen LogP contribution < -0.4 is 5.73 Å². The van der Waals surface area contributed by atoms with Gasteiger partial charge in [0.2, 0.25) is 0 Å². The summed E-state index contributed by atoms with van der Waals surface area (Å²) in [5.74, 6) is 0. The first-order chi connectivity index (χ1) is 8.50. The Morgan fingerprint density at radius 2 is 1.83 bits per heavy atom. The van der Waals surface area contributed by atoms with Crippen LogP contribution in [-0.2, 0) is 11.8 Å². The van der Waals surface area contributed by atoms with Gasteiger partial charge in [0.25, 0.3) is 0 Å². The summed E-state index contributed by atoms with van der Waals surface area (Å²) >= 11 is 1.71. The van der Waals surface area contributed by atoms with Crippen LogP contribution in [0.1, 0.15) is 32.0 Å². The molecule has 0 unspecified atom stereocenters. The van der Waals surface area contributed by atoms with Crippen molar-refractivity contribution in [3.05, 3.63) is 40.9 Å². The first kappa shape index (κ1) is 13.2. The van der Waals surface area contributed by atoms with Gasteiger partial charge in [-0.2, -0.15) is 0 Å². The average molecular weight is 260 g/mol. The molecule has 18 heavy (non-hydrogen) atoms. The van der Waals surface area contributed by atoms with Crippen molar-refractivity contribution < 1.29 is 0 Å². The molecule has 0 bridgehead atoms. The molecule has 1 heterocycles. The van der Waals surface area contributed by atoms with Crippen molar-refractivity contribution in [3.8, 4) is 10.6 Å². The molecular weight excluding hydrogens is 240 g/mol. The van der Waals surface area contributed by atoms with Crippen LogP contribution >= 0.6 is 11.3 Å². The maximum Gasteiger partial charge on any atom is 0.123 e. The fourth-order valence-corrected chi connectivity index (χ4v) is 2.78. The molecule has 2 N–H and O–H groups in total. The Kier molecular flexibility index (Phi) is 3.83. The maximum atomic E-state index is 5.55. The fraction of sp³-hybridized carbons (Fsp3) is 0.400. The second-order valence-electron chi connectivity index (χ2n) is 5.52. The number of thiazole rings is 1. The number of hydrogen-bond donors (Lipinski definition) is 1. The van der Waals surface area contributed by atoms with Crippen LogP contribution in [0.4, 0.5) is 0 Å². The lowest BCUT2D eigenvalue weighted by Crippen LogP contribution is -2.11. The van der Waals surface area contributed by atoms with E-state index < -0.39 is 0 Å². The normalized spacial score (nSPS) is 11.8. The number of nitrogens with zero attached hydrogens (tertiary/aromatic N) is 1. The molecule has 0 radical (unpaired) electrons. The third kappa shape index (κ3) is 2.98. The molecule has 96 valence electrons. The van der Waals surface area contributed by atoms with Gasteiger partial charge >= 0.3 is 0 Å². The molecule has 0 amide bonds. The van der Waals surface area contributed by atoms with E-state index in [4.69, 9.17) is 10.7 Å². The van der Waals surface area contributed by atoms with E-state index in [9.17, 15) is 0 Å². The van der Waals surface area contributed by atoms with Gasteiger partial charge in [-0.25, -0.2) is 4.98 Å². The van der Waals surface area contributed by atoms with Gasteiger partial charge in [0.05, 0.1) is 5.69 Å². The SMILES string of the molecule is CC(C)(C)c1csc(-c2ccc(CCN)cc2)n1. The van der Waals surface area contributed by atoms with E-state index in [1.54, 1.807) is 11.3 Å². The maximum absolute atomic E-state index is 5.55. The Morgan fingerprint density at radius 3 is 2.33 bits per heavy atom. The minimum atomic E-state index is 0.119. The number of nitrogens with two attached hydrogens (primary N) is 1. The molecular formula is C15H20N2S. The van der Waals surface area contributed by atoms with Gasteiger partial charge in [-0.15, -0.1) is 11.3 Å². The van der Waals surface area contributed by atoms with Crippen LogP contribution in [0.15, 0.2) is 29.6 Å². The van der Waals surface area contributed by atoms with E-state index in [-0.39, 0.29) is 5.41 Å². The van der Waals surface area contributed by atoms with Gasteiger partial charge in [0.15, 0.2) is 0 Å². The molecule has 0 saturated carbocycles. The largest absolute Gasteiger partial charge is 0.330 e. The van der Waals surface area contributed by atoms with Crippen molar-refractivity contribution in [3.63, 3.8) is 0 Å². The molecule has 0 saturated heterocycles. The number of benzene rings is 1. The monoisotopic (exact) mass is 260 g/mol. The summed E-state index contributed by atoms with van der Waals surface area (Å²) in [6.45, 7) is 7.27. The van der Waals surface area contributed by atoms with Gasteiger partial charge in [0.1, 0.15) is 5.01 Å². The Morgan fingerprint density at radius 1 is 1.17 bits per heavy atom. The lowest BCUT2D eigenvalue weighted by atomic mass is 9.93. The Bertz CT molecular complexity index is 506. The minimum absolute atomic E-state index is 0.119. The highest BCUT2D eigenvalue weighted by atomic mass is 32.1. The third-order valence-electron chi connectivity index (χ3n) is 2.91. The quantitative estimate of drug-likeness (QED) is 0.915. The predicted octanol–water partition coefficient (Wildman–Crippen LogP) is 3.61. The molecule has 0 spiro atoms. The lowest BCUT2D eigenvalue weighted by molar-refractivity contribution is 0.573. The zero-order valence-electron chi connectivity index (χ0n) is 11.2. The second-order valence-corrected chi connectivity index (χ2v) is 6.38. The Balaban J connectivity index is 2.23. The molecule has 0 fully saturated rings. The van der Waals surface area contributed by atoms with Crippen molar-refractivity contribution in [2.24, 2.45) is 5.73 Å². The highest BCUT2D eigenvalue weighted by Crippen LogP contribution is 2.29. The molecule has 3 heteroatoms. The van der Waals surface area contributed by atoms with Crippen LogP contribution in [0.5, 0.6) is 0 Å². The van der Waals surface area contributed by atoms with Gasteiger partial charge in [0, 0.05) is 16.4 Å². The van der Waals surface area contributed by atoms with Gasteiger partial charge in [-0.05, 0) is 18.5 Å². The van der Waals surface area contributed by atoms with Crippen LogP contribution in [0.25, 0.3) is 10.6 Å². The van der Waals surface area contributed by atoms with Crippen LogP contribution in [0.2, 0.25) is 0 Å². The smallest absolute Gasteiger partial charge is 0.123 e. The molecule has 1 aromatic carbocycles. The summed E-state index contributed by atoms with van der Waals surface area (Å²) in [6, 6.07) is 8.55. The van der Waals surface area contributed by atoms with Crippen molar-refractivity contribution >= 4 is 11.3 Å². The number of aromatic nitrogens is 1. The van der Waals surface area contributed by atoms with Crippen molar-refractivity contribution in [2.75, 3.05) is 6.54 Å². The topological polar surface area (TPSA) is 38.9 Å². The molecule has 0 aliphatic rings. The van der Waals surface area contributed by atoms with E-state index in [1.165, 1.54) is 11.1 Å². The van der Waals surface area contributed by atoms with Crippen molar-refractivity contribution in [2.45, 2.75) is 32.6 Å². The minimum Gasteiger partial charge on any atom is -0.330 e. The summed E-state index contributed by atoms with van der Waals surface area (Å²) in [5.41, 5.74) is 9.31. The Labute approximate surface area is 113 Å². The van der Waals surface area contributed by atoms with E-state index in [1.807, 2.05) is 0 Å². The van der Waals surface area contributed by atoms with E-state index in [0.717, 1.165) is 17.1 Å². The number of hydrogen-bond acceptors (Lipinski definition) is 3. The van der Waals surface area contributed by atoms with Crippen molar-refractivity contribution in [1.82, 2.24) is 4.98 Å². The molecule has 0 aliphatic carbocycles. The molecule has 0 atom stereocenters. The molecule has 1 aromatic heterocycles. The number of rotatable bonds is 3. The highest BCUT2D eigenvalue weighted by Gasteiger charge is 2.17. The Hall–Kier alpha value is -1.19. The standard InChI is InChI=1S/C15H20N2S/c1-15(2,3)13-10-18-14(17-13)12-6-4-11(5-7-12)8-9-16/h4-7,10H,8-9,16H2,1-3H3. The van der Waals surface area contributed by atoms with Gasteiger partial charge in [-0.1, -0.05) is 45.0 Å². The molecule has 0 aliphatic heterocycles. The van der Waals surface area contributed by atoms with E-state index in [2.05, 4.69) is 50.4 Å². The van der Waals surface area contributed by atoms with E-state index in [0.29, 0.717) is 6.54 Å². The predicted molar refractivity (Wildman–Crippen MR) is 79.0 cm³/mol. The summed E-state index contributed by atoms with van der Waals surface area (Å²) in [5, 5.41) is 3.25. The molecule has 2 nitrogen and oxygen atoms in total. The molecule has 2 rings (SSSR count). The van der Waals surface area contributed by atoms with Crippen LogP contribution in [0.3, 0.4) is 0 Å². The zero-order valence-corrected chi connectivity index (χ0v) is 12.1. The van der Waals surface area contributed by atoms with Gasteiger partial charge in [-0.3, -0.25) is 0 Å². The van der Waals surface area contributed by atoms with Crippen LogP contribution in [-0.4, -0.2) is 11.5 Å². The fourth-order valence-electron chi connectivity index (χ4n) is 1.73. The summed E-state index contributed by atoms with van der Waals surface area (Å²) < 4.78 is 0. The zero-order chi connectivity index (χ0) is 13.2. The third-order valence-corrected chi connectivity index (χ3v) is 3.80. The van der Waals surface area contributed by atoms with Crippen molar-refractivity contribution in [1.29, 1.82) is 0 Å². The highest BCUT2D eigenvalue weighted by molar-refractivity contribution is 7.13. The first-order valence-corrected chi connectivity index (χ1v) is 7.14. The summed E-state index contributed by atoms with van der Waals surface area (Å²) in [6.07, 6.45) is 0.936. The first-order valence-electron chi connectivity index (χ1n) is 6.26. The second kappa shape index (κ2) is 5.21. The summed E-state index contributed by atoms with van der Waals surface area (Å²) in [4.78, 5) is 4.72. The average Bonchev–Trinajstić information content (AvgIpc) is 2.79. The molecule has 2 aromatic rings. The lowest BCUT2D eigenvalue weighted by Gasteiger charge is -2.14. The van der Waals surface area contributed by atoms with Crippen LogP contribution in [0, 0.1) is 0 Å².